The van der Waals surface area contributed by atoms with E-state index in [1.807, 2.05) is 13.8 Å². The van der Waals surface area contributed by atoms with Crippen LogP contribution in [0.4, 0.5) is 13.2 Å². The minimum Gasteiger partial charge on any atom is -0.481 e. The predicted molar refractivity (Wildman–Crippen MR) is 102 cm³/mol. The maximum Gasteiger partial charge on any atom is 0.416 e. The minimum atomic E-state index is -4.44. The molecule has 0 radical (unpaired) electrons. The molecule has 3 N–H and O–H groups in total. The first-order valence-corrected chi connectivity index (χ1v) is 9.34. The topological polar surface area (TPSA) is 104 Å². The zero-order chi connectivity index (χ0) is 22.5. The monoisotopic (exact) mass is 427 g/mol. The number of nitrogens with zero attached hydrogens (tertiary/aromatic N) is 2. The molecule has 0 aliphatic carbocycles. The van der Waals surface area contributed by atoms with Crippen LogP contribution in [0.5, 0.6) is 0 Å². The summed E-state index contributed by atoms with van der Waals surface area (Å²) >= 11 is 0. The van der Waals surface area contributed by atoms with E-state index < -0.39 is 35.6 Å². The van der Waals surface area contributed by atoms with Crippen molar-refractivity contribution in [2.24, 2.45) is 5.92 Å². The number of rotatable bonds is 10. The van der Waals surface area contributed by atoms with Gasteiger partial charge in [-0.3, -0.25) is 9.59 Å². The molecule has 30 heavy (non-hydrogen) atoms. The zero-order valence-electron chi connectivity index (χ0n) is 16.6. The Balaban J connectivity index is 2.16. The number of hydrogen-bond donors (Lipinski definition) is 3. The summed E-state index contributed by atoms with van der Waals surface area (Å²) in [6.45, 7) is 3.74. The molecule has 2 unspecified atom stereocenters. The van der Waals surface area contributed by atoms with E-state index in [0.29, 0.717) is 17.7 Å². The lowest BCUT2D eigenvalue weighted by Gasteiger charge is -2.20. The van der Waals surface area contributed by atoms with E-state index in [9.17, 15) is 33.0 Å². The Morgan fingerprint density at radius 2 is 1.77 bits per heavy atom. The fourth-order valence-electron chi connectivity index (χ4n) is 3.07. The van der Waals surface area contributed by atoms with Crippen LogP contribution in [0.15, 0.2) is 36.8 Å². The van der Waals surface area contributed by atoms with Crippen LogP contribution in [0.2, 0.25) is 0 Å². The van der Waals surface area contributed by atoms with Gasteiger partial charge in [0, 0.05) is 19.3 Å². The third-order valence-electron chi connectivity index (χ3n) is 4.61. The second-order valence-corrected chi connectivity index (χ2v) is 7.46. The summed E-state index contributed by atoms with van der Waals surface area (Å²) in [4.78, 5) is 27.2. The number of alkyl halides is 3. The molecule has 0 aliphatic heterocycles. The first kappa shape index (κ1) is 23.4. The average Bonchev–Trinajstić information content (AvgIpc) is 3.07. The van der Waals surface area contributed by atoms with Crippen molar-refractivity contribution in [1.29, 1.82) is 0 Å². The molecule has 0 bridgehead atoms. The summed E-state index contributed by atoms with van der Waals surface area (Å²) in [6.07, 6.45) is -1.34. The smallest absolute Gasteiger partial charge is 0.416 e. The van der Waals surface area contributed by atoms with Crippen molar-refractivity contribution >= 4 is 11.9 Å². The first-order valence-electron chi connectivity index (χ1n) is 9.34. The Labute approximate surface area is 171 Å². The van der Waals surface area contributed by atoms with Crippen LogP contribution in [-0.4, -0.2) is 44.3 Å². The molecule has 0 saturated heterocycles. The second-order valence-electron chi connectivity index (χ2n) is 7.46. The SMILES string of the molecule is CC(C)CC(NCC(C(=O)O)c1cncn1Cc1ccc(C(F)(F)F)cc1)C(=O)O. The molecule has 0 amide bonds. The molecule has 1 heterocycles. The van der Waals surface area contributed by atoms with E-state index >= 15 is 0 Å². The van der Waals surface area contributed by atoms with Crippen molar-refractivity contribution in [1.82, 2.24) is 14.9 Å². The van der Waals surface area contributed by atoms with Crippen molar-refractivity contribution in [2.45, 2.75) is 44.9 Å². The van der Waals surface area contributed by atoms with E-state index in [1.54, 1.807) is 0 Å². The average molecular weight is 427 g/mol. The number of halogens is 3. The Bertz CT molecular complexity index is 863. The van der Waals surface area contributed by atoms with Gasteiger partial charge in [0.1, 0.15) is 12.0 Å². The van der Waals surface area contributed by atoms with Gasteiger partial charge in [-0.05, 0) is 30.0 Å². The number of carboxylic acids is 2. The number of benzene rings is 1. The predicted octanol–water partition coefficient (Wildman–Crippen LogP) is 3.21. The minimum absolute atomic E-state index is 0.104. The lowest BCUT2D eigenvalue weighted by Crippen LogP contribution is -2.41. The van der Waals surface area contributed by atoms with E-state index in [1.165, 1.54) is 29.2 Å². The summed E-state index contributed by atoms with van der Waals surface area (Å²) < 4.78 is 39.7. The summed E-state index contributed by atoms with van der Waals surface area (Å²) in [5.41, 5.74) is 0.0979. The standard InChI is InChI=1S/C20H24F3N3O4/c1-12(2)7-16(19(29)30)25-8-15(18(27)28)17-9-24-11-26(17)10-13-3-5-14(6-4-13)20(21,22)23/h3-6,9,11-12,15-16,25H,7-8,10H2,1-2H3,(H,27,28)(H,29,30). The fourth-order valence-corrected chi connectivity index (χ4v) is 3.07. The molecule has 0 fully saturated rings. The first-order chi connectivity index (χ1) is 14.0. The van der Waals surface area contributed by atoms with Gasteiger partial charge < -0.3 is 20.1 Å². The number of aromatic nitrogens is 2. The van der Waals surface area contributed by atoms with Crippen molar-refractivity contribution in [3.63, 3.8) is 0 Å². The van der Waals surface area contributed by atoms with Gasteiger partial charge >= 0.3 is 18.1 Å². The lowest BCUT2D eigenvalue weighted by atomic mass is 10.0. The largest absolute Gasteiger partial charge is 0.481 e. The van der Waals surface area contributed by atoms with E-state index in [-0.39, 0.29) is 19.0 Å². The van der Waals surface area contributed by atoms with Gasteiger partial charge in [-0.25, -0.2) is 4.98 Å². The number of carbonyl (C=O) groups is 2. The Morgan fingerprint density at radius 1 is 1.13 bits per heavy atom. The fraction of sp³-hybridized carbons (Fsp3) is 0.450. The van der Waals surface area contributed by atoms with Crippen LogP contribution < -0.4 is 5.32 Å². The van der Waals surface area contributed by atoms with Crippen molar-refractivity contribution in [2.75, 3.05) is 6.54 Å². The third kappa shape index (κ3) is 6.31. The number of aliphatic carboxylic acids is 2. The van der Waals surface area contributed by atoms with Crippen LogP contribution in [0.1, 0.15) is 43.0 Å². The summed E-state index contributed by atoms with van der Waals surface area (Å²) in [5.74, 6) is -3.19. The molecule has 164 valence electrons. The molecule has 0 saturated carbocycles. The van der Waals surface area contributed by atoms with E-state index in [0.717, 1.165) is 12.1 Å². The van der Waals surface area contributed by atoms with Crippen LogP contribution in [0.3, 0.4) is 0 Å². The Kier molecular flexibility index (Phi) is 7.60. The highest BCUT2D eigenvalue weighted by molar-refractivity contribution is 5.76. The van der Waals surface area contributed by atoms with Crippen molar-refractivity contribution in [3.8, 4) is 0 Å². The highest BCUT2D eigenvalue weighted by Crippen LogP contribution is 2.29. The van der Waals surface area contributed by atoms with Gasteiger partial charge in [0.05, 0.1) is 17.6 Å². The van der Waals surface area contributed by atoms with Gasteiger partial charge in [0.15, 0.2) is 0 Å². The maximum atomic E-state index is 12.7. The van der Waals surface area contributed by atoms with Crippen LogP contribution in [-0.2, 0) is 22.3 Å². The molecule has 1 aromatic carbocycles. The quantitative estimate of drug-likeness (QED) is 0.538. The lowest BCUT2D eigenvalue weighted by molar-refractivity contribution is -0.142. The van der Waals surface area contributed by atoms with Gasteiger partial charge in [0.2, 0.25) is 0 Å². The number of carboxylic acid groups (broad SMARTS) is 2. The number of nitrogens with one attached hydrogen (secondary N) is 1. The number of imidazole rings is 1. The van der Waals surface area contributed by atoms with Crippen molar-refractivity contribution in [3.05, 3.63) is 53.6 Å². The van der Waals surface area contributed by atoms with Gasteiger partial charge in [-0.15, -0.1) is 0 Å². The molecule has 1 aromatic heterocycles. The van der Waals surface area contributed by atoms with Crippen molar-refractivity contribution < 1.29 is 33.0 Å². The second kappa shape index (κ2) is 9.75. The molecular formula is C20H24F3N3O4. The molecule has 0 spiro atoms. The molecule has 7 nitrogen and oxygen atoms in total. The molecular weight excluding hydrogens is 403 g/mol. The molecule has 0 aliphatic rings. The summed E-state index contributed by atoms with van der Waals surface area (Å²) in [5, 5.41) is 21.8. The van der Waals surface area contributed by atoms with Crippen LogP contribution in [0.25, 0.3) is 0 Å². The Morgan fingerprint density at radius 3 is 2.27 bits per heavy atom. The van der Waals surface area contributed by atoms with Crippen LogP contribution >= 0.6 is 0 Å². The molecule has 2 rings (SSSR count). The molecule has 10 heteroatoms. The zero-order valence-corrected chi connectivity index (χ0v) is 16.6. The third-order valence-corrected chi connectivity index (χ3v) is 4.61. The van der Waals surface area contributed by atoms with Gasteiger partial charge in [-0.2, -0.15) is 13.2 Å². The highest BCUT2D eigenvalue weighted by Gasteiger charge is 2.30. The maximum absolute atomic E-state index is 12.7. The van der Waals surface area contributed by atoms with Gasteiger partial charge in [0.25, 0.3) is 0 Å². The molecule has 2 aromatic rings. The van der Waals surface area contributed by atoms with E-state index in [4.69, 9.17) is 0 Å². The van der Waals surface area contributed by atoms with Crippen LogP contribution in [0, 0.1) is 5.92 Å². The van der Waals surface area contributed by atoms with E-state index in [2.05, 4.69) is 10.3 Å². The molecule has 2 atom stereocenters. The number of hydrogen-bond acceptors (Lipinski definition) is 4. The summed E-state index contributed by atoms with van der Waals surface area (Å²) in [6, 6.07) is 3.68. The normalized spacial score (nSPS) is 13.9. The Hall–Kier alpha value is -2.88. The summed E-state index contributed by atoms with van der Waals surface area (Å²) in [7, 11) is 0. The van der Waals surface area contributed by atoms with Gasteiger partial charge in [-0.1, -0.05) is 26.0 Å². The highest BCUT2D eigenvalue weighted by atomic mass is 19.4.